The Morgan fingerprint density at radius 2 is 2.12 bits per heavy atom. The van der Waals surface area contributed by atoms with Crippen molar-refractivity contribution in [1.29, 1.82) is 0 Å². The number of carbonyl (C=O) groups is 1. The van der Waals surface area contributed by atoms with Gasteiger partial charge >= 0.3 is 5.97 Å². The third-order valence-electron chi connectivity index (χ3n) is 7.17. The first-order chi connectivity index (χ1) is 15.5. The molecule has 3 aliphatic heterocycles. The predicted molar refractivity (Wildman–Crippen MR) is 125 cm³/mol. The van der Waals surface area contributed by atoms with Crippen LogP contribution in [0, 0.1) is 18.8 Å². The zero-order valence-electron chi connectivity index (χ0n) is 18.3. The maximum Gasteiger partial charge on any atom is 0.339 e. The minimum absolute atomic E-state index is 0.0749. The SMILES string of the molecule is C=CC1CN2CCC1CC2[C@@H](OC(=O)c1ccccc1C)c1ccnc2ccc(O)cc12. The molecule has 3 aliphatic rings. The lowest BCUT2D eigenvalue weighted by Crippen LogP contribution is -2.55. The molecule has 2 bridgehead atoms. The summed E-state index contributed by atoms with van der Waals surface area (Å²) in [6, 6.07) is 14.7. The lowest BCUT2D eigenvalue weighted by molar-refractivity contribution is -0.0568. The van der Waals surface area contributed by atoms with Crippen molar-refractivity contribution in [3.05, 3.63) is 84.1 Å². The van der Waals surface area contributed by atoms with Crippen molar-refractivity contribution in [2.45, 2.75) is 31.9 Å². The standard InChI is InChI=1S/C27H28N2O3/c1-3-18-16-29-13-11-19(18)14-25(29)26(32-27(31)21-7-5-4-6-17(21)2)22-10-12-28-24-9-8-20(30)15-23(22)24/h3-10,12,15,18-19,25-26,30H,1,11,13-14,16H2,2H3/t18?,19?,25?,26-/m0/s1. The quantitative estimate of drug-likeness (QED) is 0.455. The van der Waals surface area contributed by atoms with Gasteiger partial charge in [-0.2, -0.15) is 0 Å². The smallest absolute Gasteiger partial charge is 0.339 e. The number of hydrogen-bond acceptors (Lipinski definition) is 5. The monoisotopic (exact) mass is 428 g/mol. The molecule has 5 atom stereocenters. The number of piperidine rings is 3. The molecule has 6 rings (SSSR count). The molecule has 5 nitrogen and oxygen atoms in total. The number of pyridine rings is 1. The van der Waals surface area contributed by atoms with Crippen molar-refractivity contribution in [3.8, 4) is 5.75 Å². The number of benzene rings is 2. The minimum Gasteiger partial charge on any atom is -0.508 e. The van der Waals surface area contributed by atoms with E-state index in [9.17, 15) is 9.90 Å². The van der Waals surface area contributed by atoms with Crippen molar-refractivity contribution in [2.24, 2.45) is 11.8 Å². The van der Waals surface area contributed by atoms with Gasteiger partial charge in [0.25, 0.3) is 0 Å². The van der Waals surface area contributed by atoms with Crippen LogP contribution in [-0.2, 0) is 4.74 Å². The Morgan fingerprint density at radius 1 is 1.28 bits per heavy atom. The van der Waals surface area contributed by atoms with E-state index in [0.717, 1.165) is 48.0 Å². The molecule has 0 aliphatic carbocycles. The fraction of sp³-hybridized carbons (Fsp3) is 0.333. The number of nitrogens with zero attached hydrogens (tertiary/aromatic N) is 2. The summed E-state index contributed by atoms with van der Waals surface area (Å²) in [5.41, 5.74) is 3.14. The summed E-state index contributed by atoms with van der Waals surface area (Å²) >= 11 is 0. The summed E-state index contributed by atoms with van der Waals surface area (Å²) < 4.78 is 6.30. The fourth-order valence-corrected chi connectivity index (χ4v) is 5.43. The van der Waals surface area contributed by atoms with Crippen LogP contribution in [0.15, 0.2) is 67.4 Å². The Morgan fingerprint density at radius 3 is 2.88 bits per heavy atom. The second-order valence-corrected chi connectivity index (χ2v) is 8.99. The van der Waals surface area contributed by atoms with E-state index in [1.54, 1.807) is 24.4 Å². The van der Waals surface area contributed by atoms with E-state index in [2.05, 4.69) is 22.5 Å². The highest BCUT2D eigenvalue weighted by Crippen LogP contribution is 2.44. The average Bonchev–Trinajstić information content (AvgIpc) is 2.82. The molecule has 4 heterocycles. The maximum atomic E-state index is 13.3. The first kappa shape index (κ1) is 20.7. The van der Waals surface area contributed by atoms with E-state index in [0.29, 0.717) is 17.4 Å². The van der Waals surface area contributed by atoms with Gasteiger partial charge in [0, 0.05) is 23.7 Å². The number of aromatic hydroxyl groups is 1. The number of esters is 1. The van der Waals surface area contributed by atoms with Crippen LogP contribution in [0.1, 0.15) is 40.4 Å². The number of fused-ring (bicyclic) bond motifs is 4. The molecule has 0 saturated carbocycles. The summed E-state index contributed by atoms with van der Waals surface area (Å²) in [6.07, 6.45) is 5.46. The number of ether oxygens (including phenoxy) is 1. The molecule has 1 N–H and O–H groups in total. The van der Waals surface area contributed by atoms with E-state index in [1.165, 1.54) is 0 Å². The van der Waals surface area contributed by atoms with Crippen molar-refractivity contribution in [1.82, 2.24) is 9.88 Å². The molecule has 164 valence electrons. The molecule has 5 heteroatoms. The van der Waals surface area contributed by atoms with Crippen LogP contribution < -0.4 is 0 Å². The maximum absolute atomic E-state index is 13.3. The van der Waals surface area contributed by atoms with Crippen LogP contribution in [0.2, 0.25) is 0 Å². The molecular formula is C27H28N2O3. The van der Waals surface area contributed by atoms with Crippen LogP contribution in [0.4, 0.5) is 0 Å². The van der Waals surface area contributed by atoms with Gasteiger partial charge in [0.15, 0.2) is 0 Å². The van der Waals surface area contributed by atoms with Crippen molar-refractivity contribution in [3.63, 3.8) is 0 Å². The van der Waals surface area contributed by atoms with E-state index in [4.69, 9.17) is 4.74 Å². The summed E-state index contributed by atoms with van der Waals surface area (Å²) in [4.78, 5) is 20.2. The Kier molecular flexibility index (Phi) is 5.43. The molecule has 1 aromatic heterocycles. The molecule has 3 aromatic rings. The van der Waals surface area contributed by atoms with Crippen LogP contribution >= 0.6 is 0 Å². The van der Waals surface area contributed by atoms with Crippen molar-refractivity contribution in [2.75, 3.05) is 13.1 Å². The van der Waals surface area contributed by atoms with E-state index in [-0.39, 0.29) is 17.8 Å². The molecule has 0 radical (unpaired) electrons. The van der Waals surface area contributed by atoms with E-state index < -0.39 is 6.10 Å². The number of aryl methyl sites for hydroxylation is 1. The highest BCUT2D eigenvalue weighted by molar-refractivity contribution is 5.91. The van der Waals surface area contributed by atoms with Gasteiger partial charge in [-0.25, -0.2) is 4.79 Å². The largest absolute Gasteiger partial charge is 0.508 e. The first-order valence-corrected chi connectivity index (χ1v) is 11.3. The third-order valence-corrected chi connectivity index (χ3v) is 7.17. The van der Waals surface area contributed by atoms with Crippen LogP contribution in [-0.4, -0.2) is 40.1 Å². The minimum atomic E-state index is -0.456. The highest BCUT2D eigenvalue weighted by atomic mass is 16.5. The van der Waals surface area contributed by atoms with Gasteiger partial charge in [-0.15, -0.1) is 6.58 Å². The second-order valence-electron chi connectivity index (χ2n) is 8.99. The van der Waals surface area contributed by atoms with Gasteiger partial charge in [-0.05, 0) is 74.0 Å². The zero-order valence-corrected chi connectivity index (χ0v) is 18.3. The molecule has 0 amide bonds. The topological polar surface area (TPSA) is 62.7 Å². The van der Waals surface area contributed by atoms with Crippen molar-refractivity contribution < 1.29 is 14.6 Å². The van der Waals surface area contributed by atoms with E-state index in [1.807, 2.05) is 37.3 Å². The molecule has 3 fully saturated rings. The lowest BCUT2D eigenvalue weighted by Gasteiger charge is -2.51. The number of rotatable bonds is 5. The number of phenolic OH excluding ortho intramolecular Hbond substituents is 1. The molecular weight excluding hydrogens is 400 g/mol. The molecule has 4 unspecified atom stereocenters. The predicted octanol–water partition coefficient (Wildman–Crippen LogP) is 5.04. The molecule has 32 heavy (non-hydrogen) atoms. The number of aromatic nitrogens is 1. The van der Waals surface area contributed by atoms with Crippen LogP contribution in [0.3, 0.4) is 0 Å². The van der Waals surface area contributed by atoms with Crippen molar-refractivity contribution >= 4 is 16.9 Å². The Labute approximate surface area is 188 Å². The number of hydrogen-bond donors (Lipinski definition) is 1. The fourth-order valence-electron chi connectivity index (χ4n) is 5.43. The Balaban J connectivity index is 1.57. The molecule has 2 aromatic carbocycles. The van der Waals surface area contributed by atoms with Gasteiger partial charge < -0.3 is 9.84 Å². The van der Waals surface area contributed by atoms with Gasteiger partial charge in [0.05, 0.1) is 17.1 Å². The summed E-state index contributed by atoms with van der Waals surface area (Å²) in [7, 11) is 0. The van der Waals surface area contributed by atoms with Gasteiger partial charge in [0.1, 0.15) is 11.9 Å². The normalized spacial score (nSPS) is 25.4. The van der Waals surface area contributed by atoms with E-state index >= 15 is 0 Å². The average molecular weight is 429 g/mol. The Hall–Kier alpha value is -3.18. The highest BCUT2D eigenvalue weighted by Gasteiger charge is 2.44. The number of phenols is 1. The first-order valence-electron chi connectivity index (χ1n) is 11.3. The zero-order chi connectivity index (χ0) is 22.2. The third kappa shape index (κ3) is 3.67. The molecule has 0 spiro atoms. The van der Waals surface area contributed by atoms with Crippen LogP contribution in [0.25, 0.3) is 10.9 Å². The second kappa shape index (κ2) is 8.40. The van der Waals surface area contributed by atoms with Gasteiger partial charge in [0.2, 0.25) is 0 Å². The summed E-state index contributed by atoms with van der Waals surface area (Å²) in [5, 5.41) is 11.0. The number of carbonyl (C=O) groups excluding carboxylic acids is 1. The van der Waals surface area contributed by atoms with Gasteiger partial charge in [-0.3, -0.25) is 9.88 Å². The summed E-state index contributed by atoms with van der Waals surface area (Å²) in [6.45, 7) is 7.88. The summed E-state index contributed by atoms with van der Waals surface area (Å²) in [5.74, 6) is 0.878. The van der Waals surface area contributed by atoms with Crippen LogP contribution in [0.5, 0.6) is 5.75 Å². The molecule has 3 saturated heterocycles. The van der Waals surface area contributed by atoms with Gasteiger partial charge in [-0.1, -0.05) is 24.3 Å². The Bertz CT molecular complexity index is 1170. The lowest BCUT2D eigenvalue weighted by atomic mass is 9.73.